The molecule has 0 radical (unpaired) electrons. The summed E-state index contributed by atoms with van der Waals surface area (Å²) in [7, 11) is 4.47. The molecule has 0 aromatic heterocycles. The number of carbonyl (C=O) groups excluding carboxylic acids is 2. The standard InChI is InChI=1S/C18H28N2O5/c1-6-12(2)16(17(21)25-5)20-18(22)19-10-9-13-7-8-14(23-3)15(11-13)24-4/h7-8,11-12,16H,6,9-10H2,1-5H3,(H2,19,20,22). The molecule has 7 heteroatoms. The minimum atomic E-state index is -0.656. The number of hydrogen-bond donors (Lipinski definition) is 2. The lowest BCUT2D eigenvalue weighted by Gasteiger charge is -2.22. The summed E-state index contributed by atoms with van der Waals surface area (Å²) in [6, 6.07) is 4.56. The second kappa shape index (κ2) is 10.4. The number of nitrogens with one attached hydrogen (secondary N) is 2. The van der Waals surface area contributed by atoms with E-state index in [0.29, 0.717) is 24.5 Å². The van der Waals surface area contributed by atoms with Gasteiger partial charge in [-0.1, -0.05) is 26.3 Å². The number of methoxy groups -OCH3 is 3. The first kappa shape index (κ1) is 20.6. The molecule has 1 aromatic carbocycles. The third-order valence-electron chi connectivity index (χ3n) is 4.10. The lowest BCUT2D eigenvalue weighted by molar-refractivity contribution is -0.144. The molecule has 1 aromatic rings. The van der Waals surface area contributed by atoms with Crippen LogP contribution in [0.4, 0.5) is 4.79 Å². The number of esters is 1. The predicted molar refractivity (Wildman–Crippen MR) is 95.0 cm³/mol. The lowest BCUT2D eigenvalue weighted by atomic mass is 9.99. The minimum Gasteiger partial charge on any atom is -0.493 e. The highest BCUT2D eigenvalue weighted by atomic mass is 16.5. The van der Waals surface area contributed by atoms with Crippen LogP contribution in [-0.2, 0) is 16.0 Å². The molecule has 2 N–H and O–H groups in total. The van der Waals surface area contributed by atoms with E-state index in [-0.39, 0.29) is 5.92 Å². The Hall–Kier alpha value is -2.44. The third kappa shape index (κ3) is 6.17. The molecule has 25 heavy (non-hydrogen) atoms. The van der Waals surface area contributed by atoms with E-state index in [1.165, 1.54) is 7.11 Å². The molecule has 0 spiro atoms. The highest BCUT2D eigenvalue weighted by Gasteiger charge is 2.26. The first-order valence-corrected chi connectivity index (χ1v) is 8.29. The Bertz CT molecular complexity index is 577. The second-order valence-electron chi connectivity index (χ2n) is 5.73. The molecule has 0 bridgehead atoms. The molecule has 7 nitrogen and oxygen atoms in total. The Morgan fingerprint density at radius 1 is 1.12 bits per heavy atom. The van der Waals surface area contributed by atoms with Crippen LogP contribution in [-0.4, -0.2) is 45.9 Å². The molecule has 2 unspecified atom stereocenters. The average Bonchev–Trinajstić information content (AvgIpc) is 2.64. The van der Waals surface area contributed by atoms with E-state index in [0.717, 1.165) is 12.0 Å². The predicted octanol–water partition coefficient (Wildman–Crippen LogP) is 2.13. The first-order valence-electron chi connectivity index (χ1n) is 8.29. The van der Waals surface area contributed by atoms with Crippen molar-refractivity contribution in [3.05, 3.63) is 23.8 Å². The average molecular weight is 352 g/mol. The van der Waals surface area contributed by atoms with Crippen molar-refractivity contribution >= 4 is 12.0 Å². The Labute approximate surface area is 149 Å². The van der Waals surface area contributed by atoms with Gasteiger partial charge in [-0.05, 0) is 30.0 Å². The van der Waals surface area contributed by atoms with Crippen LogP contribution in [0, 0.1) is 5.92 Å². The van der Waals surface area contributed by atoms with Crippen molar-refractivity contribution in [1.29, 1.82) is 0 Å². The number of urea groups is 1. The first-order chi connectivity index (χ1) is 12.0. The normalized spacial score (nSPS) is 12.7. The molecular formula is C18H28N2O5. The molecule has 0 saturated carbocycles. The van der Waals surface area contributed by atoms with Crippen LogP contribution in [0.3, 0.4) is 0 Å². The van der Waals surface area contributed by atoms with Gasteiger partial charge in [-0.3, -0.25) is 0 Å². The molecule has 0 fully saturated rings. The van der Waals surface area contributed by atoms with Gasteiger partial charge in [0.2, 0.25) is 0 Å². The van der Waals surface area contributed by atoms with Crippen molar-refractivity contribution < 1.29 is 23.8 Å². The van der Waals surface area contributed by atoms with Crippen molar-refractivity contribution in [1.82, 2.24) is 10.6 Å². The fraction of sp³-hybridized carbons (Fsp3) is 0.556. The van der Waals surface area contributed by atoms with Crippen LogP contribution in [0.2, 0.25) is 0 Å². The van der Waals surface area contributed by atoms with Crippen LogP contribution in [0.15, 0.2) is 18.2 Å². The smallest absolute Gasteiger partial charge is 0.328 e. The van der Waals surface area contributed by atoms with Crippen molar-refractivity contribution in [3.8, 4) is 11.5 Å². The minimum absolute atomic E-state index is 0.0101. The molecular weight excluding hydrogens is 324 g/mol. The van der Waals surface area contributed by atoms with Crippen LogP contribution in [0.25, 0.3) is 0 Å². The molecule has 0 saturated heterocycles. The molecule has 2 amide bonds. The van der Waals surface area contributed by atoms with Gasteiger partial charge in [0, 0.05) is 6.54 Å². The summed E-state index contributed by atoms with van der Waals surface area (Å²) in [5, 5.41) is 5.43. The summed E-state index contributed by atoms with van der Waals surface area (Å²) in [6.07, 6.45) is 1.38. The third-order valence-corrected chi connectivity index (χ3v) is 4.10. The number of hydrogen-bond acceptors (Lipinski definition) is 5. The van der Waals surface area contributed by atoms with Gasteiger partial charge in [0.05, 0.1) is 21.3 Å². The van der Waals surface area contributed by atoms with Gasteiger partial charge in [0.25, 0.3) is 0 Å². The van der Waals surface area contributed by atoms with E-state index in [1.54, 1.807) is 14.2 Å². The quantitative estimate of drug-likeness (QED) is 0.665. The van der Waals surface area contributed by atoms with Gasteiger partial charge in [0.15, 0.2) is 11.5 Å². The Morgan fingerprint density at radius 3 is 2.36 bits per heavy atom. The summed E-state index contributed by atoms with van der Waals surface area (Å²) < 4.78 is 15.2. The number of amides is 2. The topological polar surface area (TPSA) is 85.9 Å². The van der Waals surface area contributed by atoms with Gasteiger partial charge < -0.3 is 24.8 Å². The molecule has 0 heterocycles. The van der Waals surface area contributed by atoms with Gasteiger partial charge in [-0.25, -0.2) is 9.59 Å². The summed E-state index contributed by atoms with van der Waals surface area (Å²) in [5.41, 5.74) is 1.00. The van der Waals surface area contributed by atoms with E-state index < -0.39 is 18.0 Å². The monoisotopic (exact) mass is 352 g/mol. The fourth-order valence-electron chi connectivity index (χ4n) is 2.34. The Balaban J connectivity index is 2.54. The Kier molecular flexibility index (Phi) is 8.60. The van der Waals surface area contributed by atoms with Crippen LogP contribution >= 0.6 is 0 Å². The van der Waals surface area contributed by atoms with Gasteiger partial charge >= 0.3 is 12.0 Å². The van der Waals surface area contributed by atoms with Gasteiger partial charge in [0.1, 0.15) is 6.04 Å². The van der Waals surface area contributed by atoms with E-state index in [1.807, 2.05) is 32.0 Å². The van der Waals surface area contributed by atoms with Gasteiger partial charge in [-0.15, -0.1) is 0 Å². The highest BCUT2D eigenvalue weighted by Crippen LogP contribution is 2.27. The summed E-state index contributed by atoms with van der Waals surface area (Å²) >= 11 is 0. The maximum atomic E-state index is 12.0. The van der Waals surface area contributed by atoms with E-state index in [9.17, 15) is 9.59 Å². The zero-order valence-electron chi connectivity index (χ0n) is 15.5. The molecule has 0 aliphatic rings. The Morgan fingerprint density at radius 2 is 1.80 bits per heavy atom. The van der Waals surface area contributed by atoms with E-state index in [2.05, 4.69) is 10.6 Å². The maximum absolute atomic E-state index is 12.0. The number of ether oxygens (including phenoxy) is 3. The summed E-state index contributed by atoms with van der Waals surface area (Å²) in [6.45, 7) is 4.28. The molecule has 0 aliphatic carbocycles. The number of benzene rings is 1. The largest absolute Gasteiger partial charge is 0.493 e. The molecule has 140 valence electrons. The van der Waals surface area contributed by atoms with Crippen molar-refractivity contribution in [2.45, 2.75) is 32.7 Å². The fourth-order valence-corrected chi connectivity index (χ4v) is 2.34. The molecule has 2 atom stereocenters. The SMILES string of the molecule is CCC(C)C(NC(=O)NCCc1ccc(OC)c(OC)c1)C(=O)OC. The van der Waals surface area contributed by atoms with Crippen LogP contribution in [0.5, 0.6) is 11.5 Å². The van der Waals surface area contributed by atoms with Crippen LogP contribution < -0.4 is 20.1 Å². The number of rotatable bonds is 9. The summed E-state index contributed by atoms with van der Waals surface area (Å²) in [5.74, 6) is 0.854. The van der Waals surface area contributed by atoms with Gasteiger partial charge in [-0.2, -0.15) is 0 Å². The van der Waals surface area contributed by atoms with E-state index >= 15 is 0 Å². The summed E-state index contributed by atoms with van der Waals surface area (Å²) in [4.78, 5) is 23.8. The number of carbonyl (C=O) groups is 2. The highest BCUT2D eigenvalue weighted by molar-refractivity contribution is 5.83. The molecule has 0 aliphatic heterocycles. The maximum Gasteiger partial charge on any atom is 0.328 e. The van der Waals surface area contributed by atoms with Crippen molar-refractivity contribution in [2.75, 3.05) is 27.9 Å². The zero-order chi connectivity index (χ0) is 18.8. The van der Waals surface area contributed by atoms with Crippen molar-refractivity contribution in [3.63, 3.8) is 0 Å². The van der Waals surface area contributed by atoms with Crippen molar-refractivity contribution in [2.24, 2.45) is 5.92 Å². The second-order valence-corrected chi connectivity index (χ2v) is 5.73. The van der Waals surface area contributed by atoms with E-state index in [4.69, 9.17) is 14.2 Å². The van der Waals surface area contributed by atoms with Crippen LogP contribution in [0.1, 0.15) is 25.8 Å². The molecule has 1 rings (SSSR count). The zero-order valence-corrected chi connectivity index (χ0v) is 15.5. The lowest BCUT2D eigenvalue weighted by Crippen LogP contribution is -2.49.